The Bertz CT molecular complexity index is 1420. The molecule has 5 rings (SSSR count). The molecule has 0 spiro atoms. The lowest BCUT2D eigenvalue weighted by Crippen LogP contribution is -2.18. The van der Waals surface area contributed by atoms with Crippen molar-refractivity contribution in [1.82, 2.24) is 5.43 Å². The number of carbonyl (C=O) groups excluding carboxylic acids is 1. The summed E-state index contributed by atoms with van der Waals surface area (Å²) in [5, 5.41) is 28.4. The summed E-state index contributed by atoms with van der Waals surface area (Å²) in [6.07, 6.45) is 4.69. The lowest BCUT2D eigenvalue weighted by Gasteiger charge is -2.10. The van der Waals surface area contributed by atoms with Crippen molar-refractivity contribution in [3.63, 3.8) is 0 Å². The molecule has 0 atom stereocenters. The van der Waals surface area contributed by atoms with E-state index in [2.05, 4.69) is 10.5 Å². The predicted octanol–water partition coefficient (Wildman–Crippen LogP) is 4.84. The molecule has 0 saturated carbocycles. The van der Waals surface area contributed by atoms with E-state index in [1.165, 1.54) is 12.3 Å². The number of amides is 1. The van der Waals surface area contributed by atoms with Gasteiger partial charge in [-0.2, -0.15) is 5.10 Å². The highest BCUT2D eigenvalue weighted by molar-refractivity contribution is 6.08. The number of phenolic OH excluding ortho intramolecular Hbond substituents is 1. The van der Waals surface area contributed by atoms with E-state index in [-0.39, 0.29) is 5.56 Å². The maximum atomic E-state index is 12.7. The van der Waals surface area contributed by atoms with Gasteiger partial charge in [0.15, 0.2) is 0 Å². The van der Waals surface area contributed by atoms with E-state index in [0.717, 1.165) is 47.8 Å². The highest BCUT2D eigenvalue weighted by Crippen LogP contribution is 2.41. The molecule has 1 amide bonds. The van der Waals surface area contributed by atoms with Crippen LogP contribution in [0.3, 0.4) is 0 Å². The van der Waals surface area contributed by atoms with Gasteiger partial charge < -0.3 is 9.52 Å². The van der Waals surface area contributed by atoms with Crippen molar-refractivity contribution in [2.45, 2.75) is 25.7 Å². The number of aryl methyl sites for hydroxylation is 2. The second kappa shape index (κ2) is 7.81. The van der Waals surface area contributed by atoms with Crippen LogP contribution in [0.15, 0.2) is 58.0 Å². The molecule has 1 aliphatic rings. The summed E-state index contributed by atoms with van der Waals surface area (Å²) in [4.78, 5) is 23.5. The Kier molecular flexibility index (Phi) is 4.82. The number of hydrogen-bond donors (Lipinski definition) is 2. The van der Waals surface area contributed by atoms with Crippen molar-refractivity contribution in [2.24, 2.45) is 5.10 Å². The fourth-order valence-corrected chi connectivity index (χ4v) is 4.34. The number of nitrogens with zero attached hydrogens (tertiary/aromatic N) is 2. The zero-order valence-electron chi connectivity index (χ0n) is 17.0. The zero-order valence-corrected chi connectivity index (χ0v) is 17.0. The molecule has 0 radical (unpaired) electrons. The van der Waals surface area contributed by atoms with Gasteiger partial charge in [-0.25, -0.2) is 5.43 Å². The van der Waals surface area contributed by atoms with Crippen molar-refractivity contribution in [3.8, 4) is 5.75 Å². The quantitative estimate of drug-likeness (QED) is 0.273. The number of fused-ring (bicyclic) bond motifs is 4. The Labute approximate surface area is 182 Å². The smallest absolute Gasteiger partial charge is 0.315 e. The van der Waals surface area contributed by atoms with E-state index >= 15 is 0 Å². The molecule has 32 heavy (non-hydrogen) atoms. The van der Waals surface area contributed by atoms with Gasteiger partial charge in [-0.3, -0.25) is 14.9 Å². The number of hydrazone groups is 1. The van der Waals surface area contributed by atoms with E-state index in [4.69, 9.17) is 4.42 Å². The average molecular weight is 429 g/mol. The van der Waals surface area contributed by atoms with Crippen LogP contribution in [0.5, 0.6) is 5.75 Å². The first-order chi connectivity index (χ1) is 15.5. The molecule has 2 N–H and O–H groups in total. The van der Waals surface area contributed by atoms with Crippen molar-refractivity contribution in [2.75, 3.05) is 0 Å². The number of nitro benzene ring substituents is 1. The van der Waals surface area contributed by atoms with E-state index < -0.39 is 22.3 Å². The Morgan fingerprint density at radius 1 is 1.16 bits per heavy atom. The summed E-state index contributed by atoms with van der Waals surface area (Å²) in [6.45, 7) is 0. The summed E-state index contributed by atoms with van der Waals surface area (Å²) in [6, 6.07) is 14.1. The van der Waals surface area contributed by atoms with Gasteiger partial charge in [-0.1, -0.05) is 36.4 Å². The van der Waals surface area contributed by atoms with Crippen LogP contribution < -0.4 is 5.43 Å². The van der Waals surface area contributed by atoms with E-state index in [1.807, 2.05) is 30.3 Å². The topological polar surface area (TPSA) is 118 Å². The highest BCUT2D eigenvalue weighted by atomic mass is 16.6. The van der Waals surface area contributed by atoms with Crippen LogP contribution in [0.4, 0.5) is 5.69 Å². The molecule has 8 nitrogen and oxygen atoms in total. The molecule has 0 bridgehead atoms. The number of rotatable bonds is 4. The van der Waals surface area contributed by atoms with E-state index in [1.54, 1.807) is 12.1 Å². The van der Waals surface area contributed by atoms with Gasteiger partial charge in [0.25, 0.3) is 5.91 Å². The summed E-state index contributed by atoms with van der Waals surface area (Å²) >= 11 is 0. The summed E-state index contributed by atoms with van der Waals surface area (Å²) < 4.78 is 5.86. The van der Waals surface area contributed by atoms with Crippen LogP contribution in [0.2, 0.25) is 0 Å². The summed E-state index contributed by atoms with van der Waals surface area (Å²) in [5.74, 6) is -0.145. The van der Waals surface area contributed by atoms with Crippen LogP contribution in [-0.2, 0) is 12.8 Å². The monoisotopic (exact) mass is 429 g/mol. The summed E-state index contributed by atoms with van der Waals surface area (Å²) in [5.41, 5.74) is 3.89. The average Bonchev–Trinajstić information content (AvgIpc) is 3.18. The number of carbonyl (C=O) groups is 1. The fraction of sp³-hybridized carbons (Fsp3) is 0.167. The van der Waals surface area contributed by atoms with Gasteiger partial charge in [0.05, 0.1) is 22.8 Å². The third-order valence-corrected chi connectivity index (χ3v) is 5.82. The van der Waals surface area contributed by atoms with Gasteiger partial charge in [-0.05, 0) is 36.1 Å². The number of phenols is 1. The van der Waals surface area contributed by atoms with Crippen molar-refractivity contribution >= 4 is 39.6 Å². The first-order valence-corrected chi connectivity index (χ1v) is 10.3. The van der Waals surface area contributed by atoms with Crippen LogP contribution >= 0.6 is 0 Å². The molecular weight excluding hydrogens is 410 g/mol. The van der Waals surface area contributed by atoms with Crippen molar-refractivity contribution < 1.29 is 19.2 Å². The molecule has 0 saturated heterocycles. The van der Waals surface area contributed by atoms with Crippen LogP contribution in [0, 0.1) is 10.1 Å². The first-order valence-electron chi connectivity index (χ1n) is 10.3. The van der Waals surface area contributed by atoms with E-state index in [9.17, 15) is 20.0 Å². The molecule has 1 aliphatic carbocycles. The Hall–Kier alpha value is -4.20. The minimum absolute atomic E-state index is 0.166. The van der Waals surface area contributed by atoms with Gasteiger partial charge in [0.2, 0.25) is 5.75 Å². The SMILES string of the molecule is O=C(N/N=C\c1c(O)c([N+](=O)[O-])cc2oc3c(c12)CCCC3)c1cccc2ccccc12. The fourth-order valence-electron chi connectivity index (χ4n) is 4.34. The molecule has 1 aromatic heterocycles. The number of hydrogen-bond acceptors (Lipinski definition) is 6. The largest absolute Gasteiger partial charge is 0.502 e. The number of benzene rings is 3. The molecule has 0 unspecified atom stereocenters. The first kappa shape index (κ1) is 19.7. The van der Waals surface area contributed by atoms with Crippen molar-refractivity contribution in [3.05, 3.63) is 81.1 Å². The number of nitrogens with one attached hydrogen (secondary N) is 1. The predicted molar refractivity (Wildman–Crippen MR) is 120 cm³/mol. The molecule has 0 aliphatic heterocycles. The normalized spacial score (nSPS) is 13.5. The van der Waals surface area contributed by atoms with Gasteiger partial charge in [0, 0.05) is 22.9 Å². The molecule has 1 heterocycles. The third kappa shape index (κ3) is 3.26. The Morgan fingerprint density at radius 3 is 2.78 bits per heavy atom. The zero-order chi connectivity index (χ0) is 22.2. The van der Waals surface area contributed by atoms with Gasteiger partial charge in [-0.15, -0.1) is 0 Å². The van der Waals surface area contributed by atoms with E-state index in [0.29, 0.717) is 16.5 Å². The molecular formula is C24H19N3O5. The van der Waals surface area contributed by atoms with Crippen molar-refractivity contribution in [1.29, 1.82) is 0 Å². The summed E-state index contributed by atoms with van der Waals surface area (Å²) in [7, 11) is 0. The molecule has 0 fully saturated rings. The number of furan rings is 1. The lowest BCUT2D eigenvalue weighted by atomic mass is 9.93. The molecule has 160 valence electrons. The number of aromatic hydroxyl groups is 1. The second-order valence-corrected chi connectivity index (χ2v) is 7.72. The Balaban J connectivity index is 1.54. The van der Waals surface area contributed by atoms with Crippen LogP contribution in [0.25, 0.3) is 21.7 Å². The van der Waals surface area contributed by atoms with Crippen LogP contribution in [-0.4, -0.2) is 22.2 Å². The maximum absolute atomic E-state index is 12.7. The molecule has 4 aromatic rings. The van der Waals surface area contributed by atoms with Gasteiger partial charge in [0.1, 0.15) is 11.3 Å². The van der Waals surface area contributed by atoms with Crippen LogP contribution in [0.1, 0.15) is 40.1 Å². The lowest BCUT2D eigenvalue weighted by molar-refractivity contribution is -0.385. The number of nitro groups is 1. The maximum Gasteiger partial charge on any atom is 0.315 e. The van der Waals surface area contributed by atoms with Gasteiger partial charge >= 0.3 is 5.69 Å². The molecule has 8 heteroatoms. The standard InChI is InChI=1S/C24H19N3O5/c28-23-18(13-25-26-24(29)16-10-5-7-14-6-1-2-8-15(14)16)22-17-9-3-4-11-20(17)32-21(22)12-19(23)27(30)31/h1-2,5-8,10,12-13,28H,3-4,9,11H2,(H,26,29)/b25-13-. The molecule has 3 aromatic carbocycles. The highest BCUT2D eigenvalue weighted by Gasteiger charge is 2.27. The second-order valence-electron chi connectivity index (χ2n) is 7.72. The Morgan fingerprint density at radius 2 is 1.94 bits per heavy atom. The minimum Gasteiger partial charge on any atom is -0.502 e. The third-order valence-electron chi connectivity index (χ3n) is 5.82. The minimum atomic E-state index is -0.664.